The average Bonchev–Trinajstić information content (AvgIpc) is 3.34. The summed E-state index contributed by atoms with van der Waals surface area (Å²) in [6.07, 6.45) is 2.91. The minimum Gasteiger partial charge on any atom is -0.493 e. The van der Waals surface area contributed by atoms with E-state index in [1.807, 2.05) is 12.1 Å². The van der Waals surface area contributed by atoms with Crippen molar-refractivity contribution in [3.05, 3.63) is 47.0 Å². The summed E-state index contributed by atoms with van der Waals surface area (Å²) in [7, 11) is 0.575. The molecule has 2 aromatic carbocycles. The second kappa shape index (κ2) is 13.9. The van der Waals surface area contributed by atoms with Crippen molar-refractivity contribution in [3.8, 4) is 17.2 Å². The van der Waals surface area contributed by atoms with Gasteiger partial charge in [0.25, 0.3) is 10.2 Å². The second-order valence-corrected chi connectivity index (χ2v) is 11.8. The molecule has 40 heavy (non-hydrogen) atoms. The van der Waals surface area contributed by atoms with E-state index in [2.05, 4.69) is 27.7 Å². The Morgan fingerprint density at radius 3 is 2.15 bits per heavy atom. The maximum atomic E-state index is 13.0. The predicted octanol–water partition coefficient (Wildman–Crippen LogP) is 3.12. The molecule has 2 amide bonds. The molecule has 14 heteroatoms. The van der Waals surface area contributed by atoms with Gasteiger partial charge in [-0.15, -0.1) is 12.4 Å². The number of rotatable bonds is 9. The van der Waals surface area contributed by atoms with Crippen LogP contribution in [0.3, 0.4) is 0 Å². The van der Waals surface area contributed by atoms with Gasteiger partial charge in [0.2, 0.25) is 5.75 Å². The first-order chi connectivity index (χ1) is 18.6. The first-order valence-corrected chi connectivity index (χ1v) is 14.6. The normalized spacial score (nSPS) is 20.4. The van der Waals surface area contributed by atoms with Crippen LogP contribution < -0.4 is 30.0 Å². The van der Waals surface area contributed by atoms with E-state index in [-0.39, 0.29) is 31.5 Å². The molecule has 0 bridgehead atoms. The van der Waals surface area contributed by atoms with Gasteiger partial charge in [-0.2, -0.15) is 12.7 Å². The molecule has 0 radical (unpaired) electrons. The lowest BCUT2D eigenvalue weighted by Crippen LogP contribution is -2.54. The predicted molar refractivity (Wildman–Crippen MR) is 157 cm³/mol. The van der Waals surface area contributed by atoms with Crippen LogP contribution in [0.1, 0.15) is 18.4 Å². The third-order valence-corrected chi connectivity index (χ3v) is 8.68. The van der Waals surface area contributed by atoms with Crippen LogP contribution in [-0.4, -0.2) is 83.2 Å². The zero-order chi connectivity index (χ0) is 28.2. The number of ether oxygens (including phenoxy) is 3. The Balaban J connectivity index is 0.00000441. The number of urea groups is 1. The Bertz CT molecular complexity index is 1230. The molecular weight excluding hydrogens is 581 g/mol. The number of carbonyl (C=O) groups excluding carboxylic acids is 1. The Hall–Kier alpha value is -2.48. The highest BCUT2D eigenvalue weighted by Gasteiger charge is 2.42. The Morgan fingerprint density at radius 1 is 1.02 bits per heavy atom. The maximum absolute atomic E-state index is 13.0. The molecule has 2 saturated heterocycles. The molecule has 222 valence electrons. The van der Waals surface area contributed by atoms with Crippen LogP contribution in [0.4, 0.5) is 10.5 Å². The molecule has 11 nitrogen and oxygen atoms in total. The lowest BCUT2D eigenvalue weighted by molar-refractivity contribution is 0.125. The number of likely N-dealkylation sites (tertiary alicyclic amines) is 1. The second-order valence-electron chi connectivity index (χ2n) is 9.86. The van der Waals surface area contributed by atoms with E-state index in [1.54, 1.807) is 12.1 Å². The van der Waals surface area contributed by atoms with Crippen molar-refractivity contribution in [2.24, 2.45) is 11.1 Å². The molecule has 2 fully saturated rings. The fourth-order valence-electron chi connectivity index (χ4n) is 5.40. The van der Waals surface area contributed by atoms with Crippen LogP contribution in [-0.2, 0) is 16.6 Å². The van der Waals surface area contributed by atoms with Gasteiger partial charge in [-0.25, -0.2) is 9.93 Å². The third kappa shape index (κ3) is 7.83. The van der Waals surface area contributed by atoms with E-state index in [1.165, 1.54) is 31.2 Å². The lowest BCUT2D eigenvalue weighted by Gasteiger charge is -2.38. The van der Waals surface area contributed by atoms with Gasteiger partial charge < -0.3 is 24.8 Å². The van der Waals surface area contributed by atoms with E-state index in [4.69, 9.17) is 31.0 Å². The summed E-state index contributed by atoms with van der Waals surface area (Å²) in [4.78, 5) is 15.3. The molecule has 2 atom stereocenters. The summed E-state index contributed by atoms with van der Waals surface area (Å²) in [6.45, 7) is 1.91. The number of piperidine rings is 1. The van der Waals surface area contributed by atoms with Crippen LogP contribution in [0.2, 0.25) is 5.02 Å². The minimum absolute atomic E-state index is 0. The number of benzene rings is 2. The van der Waals surface area contributed by atoms with Gasteiger partial charge in [0.1, 0.15) is 0 Å². The average molecular weight is 619 g/mol. The number of hydrogen-bond donors (Lipinski definition) is 3. The van der Waals surface area contributed by atoms with Crippen molar-refractivity contribution in [2.75, 3.05) is 52.8 Å². The molecule has 4 N–H and O–H groups in total. The van der Waals surface area contributed by atoms with Crippen LogP contribution >= 0.6 is 24.0 Å². The Morgan fingerprint density at radius 2 is 1.62 bits per heavy atom. The van der Waals surface area contributed by atoms with Gasteiger partial charge >= 0.3 is 6.03 Å². The van der Waals surface area contributed by atoms with Crippen LogP contribution in [0.5, 0.6) is 17.2 Å². The number of hydrogen-bond acceptors (Lipinski definition) is 7. The van der Waals surface area contributed by atoms with Crippen LogP contribution in [0, 0.1) is 5.92 Å². The van der Waals surface area contributed by atoms with Gasteiger partial charge in [-0.1, -0.05) is 23.7 Å². The van der Waals surface area contributed by atoms with Crippen molar-refractivity contribution in [2.45, 2.75) is 31.3 Å². The zero-order valence-electron chi connectivity index (χ0n) is 22.8. The van der Waals surface area contributed by atoms with Gasteiger partial charge in [0.15, 0.2) is 11.5 Å². The summed E-state index contributed by atoms with van der Waals surface area (Å²) in [6, 6.07) is 10.0. The fraction of sp³-hybridized carbons (Fsp3) is 0.500. The van der Waals surface area contributed by atoms with Gasteiger partial charge in [-0.3, -0.25) is 4.90 Å². The van der Waals surface area contributed by atoms with E-state index in [9.17, 15) is 13.2 Å². The number of methoxy groups -OCH3 is 3. The van der Waals surface area contributed by atoms with E-state index in [0.29, 0.717) is 28.9 Å². The molecule has 0 aromatic heterocycles. The van der Waals surface area contributed by atoms with Crippen molar-refractivity contribution >= 4 is 45.9 Å². The number of nitrogens with zero attached hydrogens (tertiary/aromatic N) is 2. The van der Waals surface area contributed by atoms with Crippen LogP contribution in [0.15, 0.2) is 36.4 Å². The fourth-order valence-corrected chi connectivity index (χ4v) is 6.26. The smallest absolute Gasteiger partial charge is 0.319 e. The number of nitrogens with one attached hydrogen (secondary N) is 2. The maximum Gasteiger partial charge on any atom is 0.319 e. The molecule has 4 rings (SSSR count). The molecule has 2 aromatic rings. The summed E-state index contributed by atoms with van der Waals surface area (Å²) in [5, 5.41) is 11.9. The third-order valence-electron chi connectivity index (χ3n) is 7.41. The molecule has 0 unspecified atom stereocenters. The monoisotopic (exact) mass is 617 g/mol. The standard InChI is InChI=1S/C26H36ClN5O6S.ClH/c1-36-23-13-20(14-24(37-2)25(23)38-3)29-26(33)30-21-15-32(39(28,34)35)16-22(21)31-10-8-18(9-11-31)12-17-4-6-19(27)7-5-17;/h4-7,13-14,18,21-22H,8-12,15-16H2,1-3H3,(H2,28,34,35)(H2,29,30,33);1H/t21-,22-;/m1./s1. The van der Waals surface area contributed by atoms with Crippen LogP contribution in [0.25, 0.3) is 0 Å². The SMILES string of the molecule is COc1cc(NC(=O)N[C@@H]2CN(S(N)(=O)=O)C[C@H]2N2CCC(Cc3ccc(Cl)cc3)CC2)cc(OC)c1OC.Cl. The summed E-state index contributed by atoms with van der Waals surface area (Å²) in [5.74, 6) is 1.72. The minimum atomic E-state index is -3.91. The van der Waals surface area contributed by atoms with Crippen molar-refractivity contribution < 1.29 is 27.4 Å². The van der Waals surface area contributed by atoms with Crippen molar-refractivity contribution in [1.29, 1.82) is 0 Å². The van der Waals surface area contributed by atoms with Gasteiger partial charge in [0.05, 0.1) is 33.1 Å². The number of amides is 2. The summed E-state index contributed by atoms with van der Waals surface area (Å²) >= 11 is 6.01. The molecule has 2 heterocycles. The highest BCUT2D eigenvalue weighted by molar-refractivity contribution is 7.86. The lowest BCUT2D eigenvalue weighted by atomic mass is 9.89. The first kappa shape index (κ1) is 32.0. The number of carbonyl (C=O) groups is 1. The zero-order valence-corrected chi connectivity index (χ0v) is 25.2. The summed E-state index contributed by atoms with van der Waals surface area (Å²) < 4.78 is 41.6. The van der Waals surface area contributed by atoms with Gasteiger partial charge in [0, 0.05) is 36.3 Å². The molecular formula is C26H37Cl2N5O6S. The molecule has 0 aliphatic carbocycles. The number of anilines is 1. The molecule has 0 spiro atoms. The molecule has 0 saturated carbocycles. The molecule has 2 aliphatic heterocycles. The van der Waals surface area contributed by atoms with Crippen molar-refractivity contribution in [1.82, 2.24) is 14.5 Å². The largest absolute Gasteiger partial charge is 0.493 e. The van der Waals surface area contributed by atoms with E-state index in [0.717, 1.165) is 37.4 Å². The number of halogens is 2. The topological polar surface area (TPSA) is 135 Å². The quantitative estimate of drug-likeness (QED) is 0.393. The number of nitrogens with two attached hydrogens (primary N) is 1. The first-order valence-electron chi connectivity index (χ1n) is 12.7. The van der Waals surface area contributed by atoms with E-state index < -0.39 is 22.3 Å². The highest BCUT2D eigenvalue weighted by atomic mass is 35.5. The van der Waals surface area contributed by atoms with Gasteiger partial charge in [-0.05, 0) is 56.0 Å². The summed E-state index contributed by atoms with van der Waals surface area (Å²) in [5.41, 5.74) is 1.69. The molecule has 2 aliphatic rings. The Kier molecular flexibility index (Phi) is 11.2. The Labute approximate surface area is 246 Å². The highest BCUT2D eigenvalue weighted by Crippen LogP contribution is 2.40. The van der Waals surface area contributed by atoms with E-state index >= 15 is 0 Å². The van der Waals surface area contributed by atoms with Crippen molar-refractivity contribution in [3.63, 3.8) is 0 Å².